The van der Waals surface area contributed by atoms with Crippen molar-refractivity contribution in [2.45, 2.75) is 252 Å². The Morgan fingerprint density at radius 2 is 0.870 bits per heavy atom. The molecule has 0 saturated heterocycles. The van der Waals surface area contributed by atoms with Crippen LogP contribution in [0.4, 0.5) is 0 Å². The minimum atomic E-state index is -0.0127. The first-order valence-electron chi connectivity index (χ1n) is 23.6. The number of unbranched alkanes of at least 4 members (excludes halogenated alkanes) is 25. The average Bonchev–Trinajstić information content (AvgIpc) is 3.18. The molecule has 0 spiro atoms. The molecular formula is C47H96N2O5. The Morgan fingerprint density at radius 3 is 1.30 bits per heavy atom. The van der Waals surface area contributed by atoms with Gasteiger partial charge in [0.15, 0.2) is 0 Å². The molecule has 0 aliphatic heterocycles. The Labute approximate surface area is 337 Å². The van der Waals surface area contributed by atoms with Crippen LogP contribution < -0.4 is 5.73 Å². The number of hydrogen-bond donors (Lipinski definition) is 1. The van der Waals surface area contributed by atoms with Gasteiger partial charge in [-0.3, -0.25) is 9.59 Å². The van der Waals surface area contributed by atoms with Gasteiger partial charge in [0.2, 0.25) is 0 Å². The summed E-state index contributed by atoms with van der Waals surface area (Å²) < 4.78 is 10.6. The van der Waals surface area contributed by atoms with Gasteiger partial charge in [-0.25, -0.2) is 0 Å². The molecule has 7 heteroatoms. The van der Waals surface area contributed by atoms with E-state index in [1.807, 2.05) is 0 Å². The average molecular weight is 769 g/mol. The van der Waals surface area contributed by atoms with E-state index in [4.69, 9.17) is 9.47 Å². The number of hydrogen-bond acceptors (Lipinski definition) is 7. The number of nitrogens with zero attached hydrogens (tertiary/aromatic N) is 1. The third-order valence-corrected chi connectivity index (χ3v) is 10.2. The molecule has 0 radical (unpaired) electrons. The lowest BCUT2D eigenvalue weighted by atomic mass is 10.0. The normalized spacial score (nSPS) is 11.3. The second-order valence-corrected chi connectivity index (χ2v) is 15.4. The first-order valence-corrected chi connectivity index (χ1v) is 23.6. The van der Waals surface area contributed by atoms with E-state index in [0.717, 1.165) is 57.9 Å². The van der Waals surface area contributed by atoms with Crippen molar-refractivity contribution >= 4 is 18.7 Å². The molecule has 0 amide bonds. The molecule has 2 N–H and O–H groups in total. The minimum Gasteiger partial charge on any atom is -0.466 e. The van der Waals surface area contributed by atoms with Gasteiger partial charge >= 0.3 is 5.97 Å². The van der Waals surface area contributed by atoms with Gasteiger partial charge in [0.25, 0.3) is 6.47 Å². The Bertz CT molecular complexity index is 708. The van der Waals surface area contributed by atoms with Gasteiger partial charge in [0, 0.05) is 12.8 Å². The number of carbonyl (C=O) groups excluding carboxylic acids is 3. The van der Waals surface area contributed by atoms with E-state index in [1.165, 1.54) is 181 Å². The van der Waals surface area contributed by atoms with E-state index < -0.39 is 0 Å². The van der Waals surface area contributed by atoms with Crippen molar-refractivity contribution in [3.63, 3.8) is 0 Å². The summed E-state index contributed by atoms with van der Waals surface area (Å²) in [4.78, 5) is 35.5. The minimum absolute atomic E-state index is 0.0127. The standard InChI is InChI=1S/C29H57NO3.C17H34O2.CH5N/c1-3-5-7-9-11-16-22-28-33-29(32)23-17-13-12-15-19-25-30(26-20-21-27-31)24-18-14-10-8-6-4-2;1-3-5-7-9-11-13-15-17(19-16-18)14-12-10-8-6-4-2;1-2/h27H,3-26,28H2,1-2H3;16-17H,3-15H2,1-2H3;2H2,1H3. The van der Waals surface area contributed by atoms with Crippen LogP contribution in [0.15, 0.2) is 0 Å². The fourth-order valence-electron chi connectivity index (χ4n) is 6.79. The first-order chi connectivity index (χ1) is 26.6. The zero-order valence-corrected chi connectivity index (χ0v) is 37.2. The maximum absolute atomic E-state index is 11.9. The Balaban J connectivity index is -0.00000105. The summed E-state index contributed by atoms with van der Waals surface area (Å²) in [6.45, 7) is 13.6. The Hall–Kier alpha value is -1.47. The van der Waals surface area contributed by atoms with Gasteiger partial charge in [-0.15, -0.1) is 0 Å². The SMILES string of the molecule is CCCCCCCCC(CCCCCCC)OC=O.CCCCCCCCCOC(=O)CCCCCCCN(CCCC=O)CCCCCCCC.CN. The highest BCUT2D eigenvalue weighted by Crippen LogP contribution is 2.16. The molecule has 324 valence electrons. The molecule has 1 unspecified atom stereocenters. The summed E-state index contributed by atoms with van der Waals surface area (Å²) in [7, 11) is 1.50. The smallest absolute Gasteiger partial charge is 0.305 e. The van der Waals surface area contributed by atoms with Gasteiger partial charge in [-0.05, 0) is 84.5 Å². The van der Waals surface area contributed by atoms with Crippen LogP contribution in [-0.4, -0.2) is 63.0 Å². The van der Waals surface area contributed by atoms with Crippen molar-refractivity contribution in [1.29, 1.82) is 0 Å². The molecule has 0 saturated carbocycles. The summed E-state index contributed by atoms with van der Waals surface area (Å²) in [5, 5.41) is 0. The number of esters is 1. The van der Waals surface area contributed by atoms with Crippen molar-refractivity contribution in [1.82, 2.24) is 4.90 Å². The fraction of sp³-hybridized carbons (Fsp3) is 0.936. The molecule has 0 fully saturated rings. The fourth-order valence-corrected chi connectivity index (χ4v) is 6.79. The van der Waals surface area contributed by atoms with Crippen molar-refractivity contribution in [2.75, 3.05) is 33.3 Å². The lowest BCUT2D eigenvalue weighted by Crippen LogP contribution is -2.27. The van der Waals surface area contributed by atoms with Gasteiger partial charge in [0.05, 0.1) is 6.61 Å². The molecule has 0 rings (SSSR count). The van der Waals surface area contributed by atoms with E-state index in [1.54, 1.807) is 0 Å². The number of carbonyl (C=O) groups is 3. The molecule has 0 aromatic carbocycles. The van der Waals surface area contributed by atoms with Gasteiger partial charge in [-0.1, -0.05) is 175 Å². The number of rotatable bonds is 42. The molecule has 54 heavy (non-hydrogen) atoms. The zero-order valence-electron chi connectivity index (χ0n) is 37.2. The van der Waals surface area contributed by atoms with E-state index in [2.05, 4.69) is 38.3 Å². The molecule has 0 aromatic rings. The van der Waals surface area contributed by atoms with Crippen LogP contribution in [0.2, 0.25) is 0 Å². The molecule has 0 aliphatic rings. The lowest BCUT2D eigenvalue weighted by Gasteiger charge is -2.22. The maximum atomic E-state index is 11.9. The summed E-state index contributed by atoms with van der Waals surface area (Å²) in [6.07, 6.45) is 42.3. The predicted octanol–water partition coefficient (Wildman–Crippen LogP) is 13.5. The molecule has 7 nitrogen and oxygen atoms in total. The van der Waals surface area contributed by atoms with Crippen LogP contribution >= 0.6 is 0 Å². The molecule has 1 atom stereocenters. The van der Waals surface area contributed by atoms with Crippen LogP contribution in [-0.2, 0) is 23.9 Å². The summed E-state index contributed by atoms with van der Waals surface area (Å²) in [5.41, 5.74) is 4.50. The predicted molar refractivity (Wildman–Crippen MR) is 234 cm³/mol. The van der Waals surface area contributed by atoms with Crippen molar-refractivity contribution < 1.29 is 23.9 Å². The van der Waals surface area contributed by atoms with Crippen molar-refractivity contribution in [3.05, 3.63) is 0 Å². The second-order valence-electron chi connectivity index (χ2n) is 15.4. The van der Waals surface area contributed by atoms with Crippen LogP contribution in [0.25, 0.3) is 0 Å². The van der Waals surface area contributed by atoms with Crippen LogP contribution in [0, 0.1) is 0 Å². The molecule has 0 aromatic heterocycles. The molecule has 0 bridgehead atoms. The van der Waals surface area contributed by atoms with Crippen LogP contribution in [0.5, 0.6) is 0 Å². The lowest BCUT2D eigenvalue weighted by molar-refractivity contribution is -0.144. The van der Waals surface area contributed by atoms with Gasteiger partial charge < -0.3 is 24.9 Å². The highest BCUT2D eigenvalue weighted by Gasteiger charge is 2.09. The Morgan fingerprint density at radius 1 is 0.500 bits per heavy atom. The molecule has 0 aliphatic carbocycles. The van der Waals surface area contributed by atoms with E-state index in [9.17, 15) is 14.4 Å². The Kier molecular flexibility index (Phi) is 56.5. The first kappa shape index (κ1) is 56.9. The van der Waals surface area contributed by atoms with Crippen LogP contribution in [0.3, 0.4) is 0 Å². The summed E-state index contributed by atoms with van der Waals surface area (Å²) >= 11 is 0. The molecular weight excluding hydrogens is 673 g/mol. The van der Waals surface area contributed by atoms with Crippen molar-refractivity contribution in [2.24, 2.45) is 5.73 Å². The summed E-state index contributed by atoms with van der Waals surface area (Å²) in [6, 6.07) is 0. The third-order valence-electron chi connectivity index (χ3n) is 10.2. The van der Waals surface area contributed by atoms with Gasteiger partial charge in [-0.2, -0.15) is 0 Å². The van der Waals surface area contributed by atoms with E-state index in [-0.39, 0.29) is 12.1 Å². The highest BCUT2D eigenvalue weighted by molar-refractivity contribution is 5.69. The van der Waals surface area contributed by atoms with Crippen LogP contribution in [0.1, 0.15) is 246 Å². The third kappa shape index (κ3) is 50.5. The number of ether oxygens (including phenoxy) is 2. The summed E-state index contributed by atoms with van der Waals surface area (Å²) in [5.74, 6) is -0.0127. The number of aldehydes is 1. The largest absolute Gasteiger partial charge is 0.466 e. The van der Waals surface area contributed by atoms with Gasteiger partial charge in [0.1, 0.15) is 12.4 Å². The highest BCUT2D eigenvalue weighted by atomic mass is 16.5. The quantitative estimate of drug-likeness (QED) is 0.0375. The number of nitrogens with two attached hydrogens (primary N) is 1. The molecule has 0 heterocycles. The topological polar surface area (TPSA) is 98.9 Å². The monoisotopic (exact) mass is 769 g/mol. The second kappa shape index (κ2) is 53.6. The van der Waals surface area contributed by atoms with Crippen molar-refractivity contribution in [3.8, 4) is 0 Å². The maximum Gasteiger partial charge on any atom is 0.305 e. The van der Waals surface area contributed by atoms with E-state index >= 15 is 0 Å². The zero-order chi connectivity index (χ0) is 40.4. The van der Waals surface area contributed by atoms with E-state index in [0.29, 0.717) is 25.9 Å².